The minimum Gasteiger partial charge on any atom is -0.207 e. The highest BCUT2D eigenvalue weighted by Crippen LogP contribution is 2.29. The number of hydrogen-bond acceptors (Lipinski definition) is 0. The molecule has 0 radical (unpaired) electrons. The first-order chi connectivity index (χ1) is 7.47. The van der Waals surface area contributed by atoms with Crippen LogP contribution in [0.5, 0.6) is 0 Å². The summed E-state index contributed by atoms with van der Waals surface area (Å²) in [7, 11) is 0. The van der Waals surface area contributed by atoms with Crippen LogP contribution in [0.2, 0.25) is 0 Å². The third-order valence-electron chi connectivity index (χ3n) is 3.21. The standard InChI is InChI=1S/C15H21F/c1-6-11(4)12(5)14-8-7-13(16)9-15(14)10(2)3/h7-10H,6H2,1-5H3/b12-11-. The number of halogens is 1. The Morgan fingerprint density at radius 2 is 1.88 bits per heavy atom. The molecule has 88 valence electrons. The molecule has 0 atom stereocenters. The average molecular weight is 220 g/mol. The number of hydrogen-bond donors (Lipinski definition) is 0. The van der Waals surface area contributed by atoms with Gasteiger partial charge in [-0.1, -0.05) is 32.4 Å². The Morgan fingerprint density at radius 3 is 2.38 bits per heavy atom. The lowest BCUT2D eigenvalue weighted by molar-refractivity contribution is 0.623. The zero-order valence-electron chi connectivity index (χ0n) is 10.9. The minimum atomic E-state index is -0.144. The van der Waals surface area contributed by atoms with Crippen molar-refractivity contribution >= 4 is 5.57 Å². The predicted molar refractivity (Wildman–Crippen MR) is 69.0 cm³/mol. The van der Waals surface area contributed by atoms with Crippen molar-refractivity contribution in [3.8, 4) is 0 Å². The fourth-order valence-corrected chi connectivity index (χ4v) is 1.85. The molecule has 0 unspecified atom stereocenters. The molecule has 0 fully saturated rings. The maximum atomic E-state index is 13.2. The molecular formula is C15H21F. The number of benzene rings is 1. The normalized spacial score (nSPS) is 12.9. The summed E-state index contributed by atoms with van der Waals surface area (Å²) in [6.07, 6.45) is 1.04. The Kier molecular flexibility index (Phi) is 4.28. The van der Waals surface area contributed by atoms with E-state index in [4.69, 9.17) is 0 Å². The first-order valence-electron chi connectivity index (χ1n) is 5.93. The maximum Gasteiger partial charge on any atom is 0.123 e. The summed E-state index contributed by atoms with van der Waals surface area (Å²) in [6.45, 7) is 10.6. The summed E-state index contributed by atoms with van der Waals surface area (Å²) in [4.78, 5) is 0. The Morgan fingerprint density at radius 1 is 1.25 bits per heavy atom. The zero-order valence-corrected chi connectivity index (χ0v) is 10.9. The van der Waals surface area contributed by atoms with Crippen molar-refractivity contribution in [2.24, 2.45) is 0 Å². The van der Waals surface area contributed by atoms with Gasteiger partial charge < -0.3 is 0 Å². The van der Waals surface area contributed by atoms with Gasteiger partial charge in [-0.15, -0.1) is 0 Å². The molecule has 0 nitrogen and oxygen atoms in total. The average Bonchev–Trinajstić information content (AvgIpc) is 2.26. The van der Waals surface area contributed by atoms with Crippen LogP contribution >= 0.6 is 0 Å². The molecule has 0 aliphatic heterocycles. The van der Waals surface area contributed by atoms with E-state index in [1.807, 2.05) is 6.07 Å². The molecule has 0 N–H and O–H groups in total. The molecule has 0 heterocycles. The van der Waals surface area contributed by atoms with Crippen molar-refractivity contribution in [2.75, 3.05) is 0 Å². The molecule has 0 aliphatic rings. The second kappa shape index (κ2) is 5.29. The van der Waals surface area contributed by atoms with Crippen LogP contribution in [0.3, 0.4) is 0 Å². The van der Waals surface area contributed by atoms with Gasteiger partial charge in [0.05, 0.1) is 0 Å². The van der Waals surface area contributed by atoms with Crippen LogP contribution < -0.4 is 0 Å². The van der Waals surface area contributed by atoms with Gasteiger partial charge >= 0.3 is 0 Å². The van der Waals surface area contributed by atoms with Crippen LogP contribution in [0.4, 0.5) is 4.39 Å². The molecule has 0 saturated carbocycles. The first-order valence-corrected chi connectivity index (χ1v) is 5.93. The van der Waals surface area contributed by atoms with Crippen molar-refractivity contribution < 1.29 is 4.39 Å². The van der Waals surface area contributed by atoms with E-state index in [0.29, 0.717) is 5.92 Å². The van der Waals surface area contributed by atoms with E-state index in [-0.39, 0.29) is 5.82 Å². The molecule has 0 saturated heterocycles. The Balaban J connectivity index is 3.34. The Labute approximate surface area is 98.2 Å². The van der Waals surface area contributed by atoms with Crippen LogP contribution in [0, 0.1) is 5.82 Å². The summed E-state index contributed by atoms with van der Waals surface area (Å²) in [5.74, 6) is 0.208. The molecule has 1 aromatic carbocycles. The lowest BCUT2D eigenvalue weighted by Crippen LogP contribution is -1.97. The second-order valence-corrected chi connectivity index (χ2v) is 4.65. The zero-order chi connectivity index (χ0) is 12.3. The van der Waals surface area contributed by atoms with Crippen molar-refractivity contribution in [1.82, 2.24) is 0 Å². The molecule has 16 heavy (non-hydrogen) atoms. The van der Waals surface area contributed by atoms with Gasteiger partial charge in [-0.25, -0.2) is 4.39 Å². The summed E-state index contributed by atoms with van der Waals surface area (Å²) < 4.78 is 13.2. The van der Waals surface area contributed by atoms with Crippen molar-refractivity contribution in [3.05, 3.63) is 40.7 Å². The van der Waals surface area contributed by atoms with Gasteiger partial charge in [0.2, 0.25) is 0 Å². The van der Waals surface area contributed by atoms with Crippen molar-refractivity contribution in [2.45, 2.75) is 47.0 Å². The molecular weight excluding hydrogens is 199 g/mol. The van der Waals surface area contributed by atoms with Crippen LogP contribution in [-0.2, 0) is 0 Å². The van der Waals surface area contributed by atoms with Crippen molar-refractivity contribution in [3.63, 3.8) is 0 Å². The van der Waals surface area contributed by atoms with Gasteiger partial charge in [0, 0.05) is 0 Å². The van der Waals surface area contributed by atoms with E-state index in [1.165, 1.54) is 16.7 Å². The smallest absolute Gasteiger partial charge is 0.123 e. The number of rotatable bonds is 3. The topological polar surface area (TPSA) is 0 Å². The first kappa shape index (κ1) is 13.0. The van der Waals surface area contributed by atoms with Gasteiger partial charge in [0.1, 0.15) is 5.82 Å². The quantitative estimate of drug-likeness (QED) is 0.660. The summed E-state index contributed by atoms with van der Waals surface area (Å²) >= 11 is 0. The molecule has 0 spiro atoms. The molecule has 1 aromatic rings. The SMILES string of the molecule is CC/C(C)=C(/C)c1ccc(F)cc1C(C)C. The molecule has 0 aliphatic carbocycles. The summed E-state index contributed by atoms with van der Waals surface area (Å²) in [5.41, 5.74) is 4.95. The van der Waals surface area contributed by atoms with Crippen LogP contribution in [-0.4, -0.2) is 0 Å². The van der Waals surface area contributed by atoms with Crippen LogP contribution in [0.1, 0.15) is 58.1 Å². The molecule has 0 aromatic heterocycles. The minimum absolute atomic E-state index is 0.144. The summed E-state index contributed by atoms with van der Waals surface area (Å²) in [5, 5.41) is 0. The van der Waals surface area contributed by atoms with Crippen LogP contribution in [0.15, 0.2) is 23.8 Å². The Hall–Kier alpha value is -1.11. The maximum absolute atomic E-state index is 13.2. The predicted octanol–water partition coefficient (Wildman–Crippen LogP) is 5.15. The monoisotopic (exact) mass is 220 g/mol. The highest BCUT2D eigenvalue weighted by atomic mass is 19.1. The van der Waals surface area contributed by atoms with Gasteiger partial charge in [0.25, 0.3) is 0 Å². The van der Waals surface area contributed by atoms with Gasteiger partial charge in [-0.3, -0.25) is 0 Å². The van der Waals surface area contributed by atoms with E-state index in [2.05, 4.69) is 34.6 Å². The second-order valence-electron chi connectivity index (χ2n) is 4.65. The molecule has 0 bridgehead atoms. The fraction of sp³-hybridized carbons (Fsp3) is 0.467. The van der Waals surface area contributed by atoms with E-state index < -0.39 is 0 Å². The Bertz CT molecular complexity index is 400. The molecule has 0 amide bonds. The van der Waals surface area contributed by atoms with E-state index in [1.54, 1.807) is 12.1 Å². The van der Waals surface area contributed by atoms with E-state index in [9.17, 15) is 4.39 Å². The fourth-order valence-electron chi connectivity index (χ4n) is 1.85. The van der Waals surface area contributed by atoms with Crippen LogP contribution in [0.25, 0.3) is 5.57 Å². The lowest BCUT2D eigenvalue weighted by Gasteiger charge is -2.15. The van der Waals surface area contributed by atoms with E-state index in [0.717, 1.165) is 12.0 Å². The highest BCUT2D eigenvalue weighted by molar-refractivity contribution is 5.69. The van der Waals surface area contributed by atoms with Gasteiger partial charge in [-0.2, -0.15) is 0 Å². The lowest BCUT2D eigenvalue weighted by atomic mass is 9.90. The number of allylic oxidation sites excluding steroid dienone is 2. The summed E-state index contributed by atoms with van der Waals surface area (Å²) in [6, 6.07) is 5.11. The van der Waals surface area contributed by atoms with Crippen molar-refractivity contribution in [1.29, 1.82) is 0 Å². The third kappa shape index (κ3) is 2.72. The highest BCUT2D eigenvalue weighted by Gasteiger charge is 2.10. The largest absolute Gasteiger partial charge is 0.207 e. The molecule has 1 heteroatoms. The van der Waals surface area contributed by atoms with E-state index >= 15 is 0 Å². The molecule has 1 rings (SSSR count). The van der Waals surface area contributed by atoms with Gasteiger partial charge in [0.15, 0.2) is 0 Å². The van der Waals surface area contributed by atoms with Gasteiger partial charge in [-0.05, 0) is 55.0 Å². The third-order valence-corrected chi connectivity index (χ3v) is 3.21.